The molecule has 2 N–H and O–H groups in total. The van der Waals surface area contributed by atoms with Crippen molar-refractivity contribution in [2.75, 3.05) is 17.7 Å². The van der Waals surface area contributed by atoms with Crippen LogP contribution in [0.4, 0.5) is 5.69 Å². The number of carbonyl (C=O) groups is 1. The summed E-state index contributed by atoms with van der Waals surface area (Å²) in [7, 11) is 0. The van der Waals surface area contributed by atoms with Gasteiger partial charge in [-0.1, -0.05) is 18.2 Å². The lowest BCUT2D eigenvalue weighted by molar-refractivity contribution is -0.133. The molecule has 3 nitrogen and oxygen atoms in total. The number of hydrogen-bond acceptors (Lipinski definition) is 3. The highest BCUT2D eigenvalue weighted by Crippen LogP contribution is 2.16. The van der Waals surface area contributed by atoms with E-state index in [1.54, 1.807) is 11.8 Å². The van der Waals surface area contributed by atoms with E-state index in [2.05, 4.69) is 0 Å². The van der Waals surface area contributed by atoms with Gasteiger partial charge in [-0.25, -0.2) is 0 Å². The van der Waals surface area contributed by atoms with Crippen LogP contribution in [0.5, 0.6) is 0 Å². The van der Waals surface area contributed by atoms with Crippen molar-refractivity contribution >= 4 is 23.4 Å². The third kappa shape index (κ3) is 4.26. The van der Waals surface area contributed by atoms with Gasteiger partial charge in [-0.05, 0) is 31.7 Å². The lowest BCUT2D eigenvalue weighted by Gasteiger charge is -2.27. The number of anilines is 1. The van der Waals surface area contributed by atoms with Crippen LogP contribution in [0.3, 0.4) is 0 Å². The molecule has 0 saturated heterocycles. The summed E-state index contributed by atoms with van der Waals surface area (Å²) < 4.78 is 0. The van der Waals surface area contributed by atoms with Crippen LogP contribution in [0.15, 0.2) is 24.3 Å². The van der Waals surface area contributed by atoms with E-state index >= 15 is 0 Å². The standard InChI is InChI=1S/C14H22N2OS/c1-11(2)16(14(17)8-9-18-3)10-12-6-4-5-7-13(12)15/h4-7,11H,8-10,15H2,1-3H3. The Bertz CT molecular complexity index is 393. The number of amides is 1. The van der Waals surface area contributed by atoms with Gasteiger partial charge in [0.25, 0.3) is 0 Å². The van der Waals surface area contributed by atoms with Crippen LogP contribution >= 0.6 is 11.8 Å². The monoisotopic (exact) mass is 266 g/mol. The highest BCUT2D eigenvalue weighted by Gasteiger charge is 2.17. The zero-order chi connectivity index (χ0) is 13.5. The third-order valence-electron chi connectivity index (χ3n) is 2.86. The van der Waals surface area contributed by atoms with Gasteiger partial charge in [-0.2, -0.15) is 11.8 Å². The van der Waals surface area contributed by atoms with E-state index in [1.165, 1.54) is 0 Å². The predicted octanol–water partition coefficient (Wildman–Crippen LogP) is 2.76. The second-order valence-corrected chi connectivity index (χ2v) is 5.54. The van der Waals surface area contributed by atoms with Crippen LogP contribution < -0.4 is 5.73 Å². The molecule has 0 aliphatic heterocycles. The Morgan fingerprint density at radius 1 is 1.39 bits per heavy atom. The van der Waals surface area contributed by atoms with Crippen molar-refractivity contribution in [3.8, 4) is 0 Å². The fourth-order valence-corrected chi connectivity index (χ4v) is 2.13. The molecule has 100 valence electrons. The molecule has 0 fully saturated rings. The molecule has 0 atom stereocenters. The average molecular weight is 266 g/mol. The summed E-state index contributed by atoms with van der Waals surface area (Å²) in [5, 5.41) is 0. The lowest BCUT2D eigenvalue weighted by atomic mass is 10.1. The normalized spacial score (nSPS) is 10.7. The summed E-state index contributed by atoms with van der Waals surface area (Å²) in [5.74, 6) is 1.06. The van der Waals surface area contributed by atoms with Gasteiger partial charge in [0.1, 0.15) is 0 Å². The molecule has 0 unspecified atom stereocenters. The van der Waals surface area contributed by atoms with Crippen LogP contribution in [-0.4, -0.2) is 28.9 Å². The first kappa shape index (κ1) is 14.9. The Hall–Kier alpha value is -1.16. The second kappa shape index (κ2) is 7.31. The van der Waals surface area contributed by atoms with Gasteiger partial charge in [-0.3, -0.25) is 4.79 Å². The highest BCUT2D eigenvalue weighted by atomic mass is 32.2. The van der Waals surface area contributed by atoms with E-state index < -0.39 is 0 Å². The molecular formula is C14H22N2OS. The summed E-state index contributed by atoms with van der Waals surface area (Å²) >= 11 is 1.70. The Kier molecular flexibility index (Phi) is 6.05. The molecule has 1 aromatic carbocycles. The summed E-state index contributed by atoms with van der Waals surface area (Å²) in [6.45, 7) is 4.67. The maximum atomic E-state index is 12.1. The molecule has 0 radical (unpaired) electrons. The first-order chi connectivity index (χ1) is 8.56. The minimum Gasteiger partial charge on any atom is -0.398 e. The molecule has 0 spiro atoms. The van der Waals surface area contributed by atoms with E-state index in [1.807, 2.05) is 49.3 Å². The van der Waals surface area contributed by atoms with E-state index in [4.69, 9.17) is 5.73 Å². The maximum Gasteiger partial charge on any atom is 0.223 e. The van der Waals surface area contributed by atoms with Crippen molar-refractivity contribution in [3.05, 3.63) is 29.8 Å². The van der Waals surface area contributed by atoms with Gasteiger partial charge in [0, 0.05) is 30.4 Å². The van der Waals surface area contributed by atoms with E-state index in [-0.39, 0.29) is 11.9 Å². The second-order valence-electron chi connectivity index (χ2n) is 4.56. The summed E-state index contributed by atoms with van der Waals surface area (Å²) in [6, 6.07) is 7.91. The first-order valence-corrected chi connectivity index (χ1v) is 7.57. The predicted molar refractivity (Wildman–Crippen MR) is 79.5 cm³/mol. The van der Waals surface area contributed by atoms with Gasteiger partial charge in [0.15, 0.2) is 0 Å². The van der Waals surface area contributed by atoms with Gasteiger partial charge in [0.05, 0.1) is 0 Å². The van der Waals surface area contributed by atoms with Crippen LogP contribution in [0.2, 0.25) is 0 Å². The van der Waals surface area contributed by atoms with Gasteiger partial charge in [-0.15, -0.1) is 0 Å². The molecule has 1 amide bonds. The molecule has 0 aromatic heterocycles. The van der Waals surface area contributed by atoms with Gasteiger partial charge >= 0.3 is 0 Å². The number of carbonyl (C=O) groups excluding carboxylic acids is 1. The highest BCUT2D eigenvalue weighted by molar-refractivity contribution is 7.98. The maximum absolute atomic E-state index is 12.1. The number of nitrogens with zero attached hydrogens (tertiary/aromatic N) is 1. The van der Waals surface area contributed by atoms with E-state index in [9.17, 15) is 4.79 Å². The number of nitrogen functional groups attached to an aromatic ring is 1. The van der Waals surface area contributed by atoms with Crippen molar-refractivity contribution in [1.29, 1.82) is 0 Å². The molecule has 1 aromatic rings. The molecule has 0 saturated carbocycles. The van der Waals surface area contributed by atoms with E-state index in [0.29, 0.717) is 13.0 Å². The molecule has 0 aliphatic rings. The van der Waals surface area contributed by atoms with Crippen LogP contribution in [0, 0.1) is 0 Å². The number of hydrogen-bond donors (Lipinski definition) is 1. The Morgan fingerprint density at radius 2 is 2.06 bits per heavy atom. The molecule has 0 aliphatic carbocycles. The number of para-hydroxylation sites is 1. The molecular weight excluding hydrogens is 244 g/mol. The largest absolute Gasteiger partial charge is 0.398 e. The quantitative estimate of drug-likeness (QED) is 0.805. The summed E-state index contributed by atoms with van der Waals surface area (Å²) in [6.07, 6.45) is 2.61. The number of benzene rings is 1. The molecule has 0 bridgehead atoms. The summed E-state index contributed by atoms with van der Waals surface area (Å²) in [4.78, 5) is 14.0. The Balaban J connectivity index is 2.75. The van der Waals surface area contributed by atoms with E-state index in [0.717, 1.165) is 17.0 Å². The molecule has 4 heteroatoms. The van der Waals surface area contributed by atoms with Crippen molar-refractivity contribution in [1.82, 2.24) is 4.90 Å². The van der Waals surface area contributed by atoms with Crippen molar-refractivity contribution in [3.63, 3.8) is 0 Å². The van der Waals surface area contributed by atoms with Crippen LogP contribution in [0.25, 0.3) is 0 Å². The van der Waals surface area contributed by atoms with Gasteiger partial charge in [0.2, 0.25) is 5.91 Å². The fourth-order valence-electron chi connectivity index (χ4n) is 1.75. The topological polar surface area (TPSA) is 46.3 Å². The number of thioether (sulfide) groups is 1. The zero-order valence-electron chi connectivity index (χ0n) is 11.3. The third-order valence-corrected chi connectivity index (χ3v) is 3.47. The van der Waals surface area contributed by atoms with Crippen molar-refractivity contribution in [2.24, 2.45) is 0 Å². The zero-order valence-corrected chi connectivity index (χ0v) is 12.2. The van der Waals surface area contributed by atoms with Crippen LogP contribution in [0.1, 0.15) is 25.8 Å². The SMILES string of the molecule is CSCCC(=O)N(Cc1ccccc1N)C(C)C. The Labute approximate surface area is 114 Å². The minimum atomic E-state index is 0.193. The first-order valence-electron chi connectivity index (χ1n) is 6.18. The number of nitrogens with two attached hydrogens (primary N) is 1. The lowest BCUT2D eigenvalue weighted by Crippen LogP contribution is -2.36. The molecule has 1 rings (SSSR count). The molecule has 18 heavy (non-hydrogen) atoms. The number of rotatable bonds is 6. The average Bonchev–Trinajstić information content (AvgIpc) is 2.34. The fraction of sp³-hybridized carbons (Fsp3) is 0.500. The van der Waals surface area contributed by atoms with Crippen molar-refractivity contribution < 1.29 is 4.79 Å². The molecule has 0 heterocycles. The smallest absolute Gasteiger partial charge is 0.223 e. The summed E-state index contributed by atoms with van der Waals surface area (Å²) in [5.41, 5.74) is 7.70. The van der Waals surface area contributed by atoms with Crippen LogP contribution in [-0.2, 0) is 11.3 Å². The van der Waals surface area contributed by atoms with Gasteiger partial charge < -0.3 is 10.6 Å². The Morgan fingerprint density at radius 3 is 2.61 bits per heavy atom. The minimum absolute atomic E-state index is 0.193. The van der Waals surface area contributed by atoms with Crippen molar-refractivity contribution in [2.45, 2.75) is 32.9 Å².